The van der Waals surface area contributed by atoms with Crippen LogP contribution in [0.2, 0.25) is 5.02 Å². The molecule has 0 aliphatic carbocycles. The summed E-state index contributed by atoms with van der Waals surface area (Å²) in [4.78, 5) is 11.9. The van der Waals surface area contributed by atoms with Gasteiger partial charge in [0, 0.05) is 10.6 Å². The van der Waals surface area contributed by atoms with Crippen LogP contribution in [0.1, 0.15) is 22.8 Å². The van der Waals surface area contributed by atoms with Crippen LogP contribution < -0.4 is 5.32 Å². The molecule has 0 spiro atoms. The van der Waals surface area contributed by atoms with Gasteiger partial charge in [-0.15, -0.1) is 0 Å². The minimum absolute atomic E-state index is 0.158. The third-order valence-corrected chi connectivity index (χ3v) is 3.78. The average Bonchev–Trinajstić information content (AvgIpc) is 2.91. The topological polar surface area (TPSA) is 49.3 Å². The molecule has 5 heteroatoms. The minimum atomic E-state index is -1.07. The molecule has 2 aromatic rings. The second-order valence-corrected chi connectivity index (χ2v) is 5.69. The summed E-state index contributed by atoms with van der Waals surface area (Å²) in [5.41, 5.74) is 0.252. The van der Waals surface area contributed by atoms with Gasteiger partial charge in [-0.1, -0.05) is 11.6 Å². The number of carbonyl (C=O) groups excluding carboxylic acids is 1. The van der Waals surface area contributed by atoms with Gasteiger partial charge in [-0.25, -0.2) is 0 Å². The van der Waals surface area contributed by atoms with Crippen LogP contribution in [-0.4, -0.2) is 17.6 Å². The number of thiophene rings is 1. The summed E-state index contributed by atoms with van der Waals surface area (Å²) in [5, 5.41) is 17.4. The van der Waals surface area contributed by atoms with Crippen LogP contribution in [0.4, 0.5) is 0 Å². The second-order valence-electron chi connectivity index (χ2n) is 4.48. The van der Waals surface area contributed by atoms with Crippen molar-refractivity contribution >= 4 is 28.8 Å². The maximum absolute atomic E-state index is 11.9. The van der Waals surface area contributed by atoms with E-state index in [2.05, 4.69) is 5.32 Å². The Balaban J connectivity index is 1.99. The van der Waals surface area contributed by atoms with Crippen molar-refractivity contribution in [2.24, 2.45) is 0 Å². The highest BCUT2D eigenvalue weighted by atomic mass is 35.5. The predicted octanol–water partition coefficient (Wildman–Crippen LogP) is 3.04. The van der Waals surface area contributed by atoms with Gasteiger partial charge in [0.1, 0.15) is 5.60 Å². The van der Waals surface area contributed by atoms with Crippen LogP contribution >= 0.6 is 22.9 Å². The lowest BCUT2D eigenvalue weighted by Crippen LogP contribution is -2.38. The lowest BCUT2D eigenvalue weighted by atomic mass is 9.99. The molecule has 19 heavy (non-hydrogen) atoms. The zero-order chi connectivity index (χ0) is 13.9. The summed E-state index contributed by atoms with van der Waals surface area (Å²) in [6.07, 6.45) is 0. The summed E-state index contributed by atoms with van der Waals surface area (Å²) in [6.45, 7) is 1.84. The molecular weight excluding hydrogens is 282 g/mol. The van der Waals surface area contributed by atoms with E-state index in [1.54, 1.807) is 31.2 Å². The highest BCUT2D eigenvalue weighted by Crippen LogP contribution is 2.22. The van der Waals surface area contributed by atoms with Gasteiger partial charge in [-0.3, -0.25) is 4.79 Å². The van der Waals surface area contributed by atoms with Crippen molar-refractivity contribution in [2.45, 2.75) is 12.5 Å². The van der Waals surface area contributed by atoms with Crippen molar-refractivity contribution in [3.05, 3.63) is 57.2 Å². The first-order valence-corrected chi connectivity index (χ1v) is 7.10. The molecule has 1 atom stereocenters. The Morgan fingerprint density at radius 3 is 2.63 bits per heavy atom. The molecule has 0 saturated heterocycles. The van der Waals surface area contributed by atoms with Gasteiger partial charge in [0.05, 0.1) is 6.54 Å². The highest BCUT2D eigenvalue weighted by molar-refractivity contribution is 7.08. The molecule has 1 amide bonds. The first-order valence-electron chi connectivity index (χ1n) is 5.78. The molecule has 0 radical (unpaired) electrons. The van der Waals surface area contributed by atoms with E-state index >= 15 is 0 Å². The van der Waals surface area contributed by atoms with Gasteiger partial charge in [-0.2, -0.15) is 11.3 Å². The summed E-state index contributed by atoms with van der Waals surface area (Å²) in [5.74, 6) is -0.229. The molecule has 3 nitrogen and oxygen atoms in total. The fourth-order valence-corrected chi connectivity index (χ4v) is 2.54. The smallest absolute Gasteiger partial charge is 0.251 e. The van der Waals surface area contributed by atoms with E-state index in [-0.39, 0.29) is 12.5 Å². The lowest BCUT2D eigenvalue weighted by molar-refractivity contribution is 0.0530. The molecule has 0 saturated carbocycles. The van der Waals surface area contributed by atoms with Crippen molar-refractivity contribution in [3.8, 4) is 0 Å². The van der Waals surface area contributed by atoms with Crippen LogP contribution in [0.5, 0.6) is 0 Å². The van der Waals surface area contributed by atoms with Gasteiger partial charge in [0.2, 0.25) is 0 Å². The SMILES string of the molecule is CC(O)(CNC(=O)c1ccc(Cl)cc1)c1ccsc1. The molecule has 0 aliphatic heterocycles. The maximum Gasteiger partial charge on any atom is 0.251 e. The monoisotopic (exact) mass is 295 g/mol. The van der Waals surface area contributed by atoms with Gasteiger partial charge < -0.3 is 10.4 Å². The first-order chi connectivity index (χ1) is 8.99. The van der Waals surface area contributed by atoms with E-state index in [1.165, 1.54) is 11.3 Å². The van der Waals surface area contributed by atoms with E-state index in [9.17, 15) is 9.90 Å². The number of hydrogen-bond acceptors (Lipinski definition) is 3. The van der Waals surface area contributed by atoms with E-state index in [0.717, 1.165) is 5.56 Å². The number of nitrogens with one attached hydrogen (secondary N) is 1. The van der Waals surface area contributed by atoms with Crippen molar-refractivity contribution < 1.29 is 9.90 Å². The largest absolute Gasteiger partial charge is 0.384 e. The van der Waals surface area contributed by atoms with Gasteiger partial charge in [-0.05, 0) is 53.6 Å². The molecule has 0 bridgehead atoms. The standard InChI is InChI=1S/C14H14ClNO2S/c1-14(18,11-6-7-19-8-11)9-16-13(17)10-2-4-12(15)5-3-10/h2-8,18H,9H2,1H3,(H,16,17). The molecule has 1 unspecified atom stereocenters. The third kappa shape index (κ3) is 3.56. The summed E-state index contributed by atoms with van der Waals surface area (Å²) in [6, 6.07) is 8.47. The number of hydrogen-bond donors (Lipinski definition) is 2. The van der Waals surface area contributed by atoms with E-state index in [0.29, 0.717) is 10.6 Å². The summed E-state index contributed by atoms with van der Waals surface area (Å²) < 4.78 is 0. The van der Waals surface area contributed by atoms with Crippen LogP contribution in [0.3, 0.4) is 0 Å². The number of amides is 1. The predicted molar refractivity (Wildman–Crippen MR) is 77.7 cm³/mol. The van der Waals surface area contributed by atoms with Crippen molar-refractivity contribution in [3.63, 3.8) is 0 Å². The van der Waals surface area contributed by atoms with Crippen molar-refractivity contribution in [1.29, 1.82) is 0 Å². The Morgan fingerprint density at radius 1 is 1.37 bits per heavy atom. The van der Waals surface area contributed by atoms with E-state index < -0.39 is 5.60 Å². The Labute approximate surface area is 120 Å². The molecule has 1 heterocycles. The molecular formula is C14H14ClNO2S. The van der Waals surface area contributed by atoms with Crippen molar-refractivity contribution in [1.82, 2.24) is 5.32 Å². The van der Waals surface area contributed by atoms with Gasteiger partial charge in [0.15, 0.2) is 0 Å². The Morgan fingerprint density at radius 2 is 2.05 bits per heavy atom. The number of rotatable bonds is 4. The van der Waals surface area contributed by atoms with E-state index in [4.69, 9.17) is 11.6 Å². The maximum atomic E-state index is 11.9. The number of aliphatic hydroxyl groups is 1. The highest BCUT2D eigenvalue weighted by Gasteiger charge is 2.24. The third-order valence-electron chi connectivity index (χ3n) is 2.84. The average molecular weight is 296 g/mol. The summed E-state index contributed by atoms with van der Waals surface area (Å²) >= 11 is 7.27. The Kier molecular flexibility index (Phi) is 4.24. The van der Waals surface area contributed by atoms with E-state index in [1.807, 2.05) is 16.8 Å². The number of benzene rings is 1. The second kappa shape index (κ2) is 5.74. The fourth-order valence-electron chi connectivity index (χ4n) is 1.63. The molecule has 0 fully saturated rings. The number of halogens is 1. The lowest BCUT2D eigenvalue weighted by Gasteiger charge is -2.22. The van der Waals surface area contributed by atoms with Gasteiger partial charge >= 0.3 is 0 Å². The first kappa shape index (κ1) is 14.1. The fraction of sp³-hybridized carbons (Fsp3) is 0.214. The quantitative estimate of drug-likeness (QED) is 0.911. The van der Waals surface area contributed by atoms with Crippen LogP contribution in [0, 0.1) is 0 Å². The minimum Gasteiger partial charge on any atom is -0.384 e. The number of carbonyl (C=O) groups is 1. The van der Waals surface area contributed by atoms with Crippen LogP contribution in [0.15, 0.2) is 41.1 Å². The Hall–Kier alpha value is -1.36. The molecule has 100 valence electrons. The van der Waals surface area contributed by atoms with Crippen LogP contribution in [0.25, 0.3) is 0 Å². The Bertz CT molecular complexity index is 549. The zero-order valence-corrected chi connectivity index (χ0v) is 12.0. The van der Waals surface area contributed by atoms with Crippen molar-refractivity contribution in [2.75, 3.05) is 6.54 Å². The van der Waals surface area contributed by atoms with Gasteiger partial charge in [0.25, 0.3) is 5.91 Å². The normalized spacial score (nSPS) is 13.8. The molecule has 0 aliphatic rings. The molecule has 1 aromatic heterocycles. The van der Waals surface area contributed by atoms with Crippen LogP contribution in [-0.2, 0) is 5.60 Å². The molecule has 1 aromatic carbocycles. The molecule has 2 rings (SSSR count). The molecule has 2 N–H and O–H groups in total. The zero-order valence-electron chi connectivity index (χ0n) is 10.4. The summed E-state index contributed by atoms with van der Waals surface area (Å²) in [7, 11) is 0.